The first-order valence-corrected chi connectivity index (χ1v) is 6.60. The molecule has 1 aliphatic carbocycles. The van der Waals surface area contributed by atoms with Crippen LogP contribution >= 0.6 is 0 Å². The van der Waals surface area contributed by atoms with Crippen molar-refractivity contribution in [1.29, 1.82) is 0 Å². The number of aryl methyl sites for hydroxylation is 1. The molecule has 0 radical (unpaired) electrons. The van der Waals surface area contributed by atoms with E-state index in [2.05, 4.69) is 15.3 Å². The lowest BCUT2D eigenvalue weighted by atomic mass is 10.2. The molecule has 18 heavy (non-hydrogen) atoms. The number of hydrogen-bond acceptors (Lipinski definition) is 4. The average molecular weight is 248 g/mol. The van der Waals surface area contributed by atoms with Gasteiger partial charge in [-0.3, -0.25) is 4.79 Å². The SMILES string of the molecule is CCN(CC)C(=O)CNc1ncnc2c1CCC2. The van der Waals surface area contributed by atoms with Crippen molar-refractivity contribution in [3.8, 4) is 0 Å². The van der Waals surface area contributed by atoms with Crippen LogP contribution in [-0.2, 0) is 17.6 Å². The molecule has 5 nitrogen and oxygen atoms in total. The monoisotopic (exact) mass is 248 g/mol. The minimum atomic E-state index is 0.116. The number of fused-ring (bicyclic) bond motifs is 1. The molecule has 0 aliphatic heterocycles. The normalized spacial score (nSPS) is 13.2. The molecule has 0 saturated carbocycles. The van der Waals surface area contributed by atoms with E-state index in [4.69, 9.17) is 0 Å². The summed E-state index contributed by atoms with van der Waals surface area (Å²) in [6.45, 7) is 5.79. The van der Waals surface area contributed by atoms with Crippen molar-refractivity contribution >= 4 is 11.7 Å². The molecule has 98 valence electrons. The highest BCUT2D eigenvalue weighted by Gasteiger charge is 2.17. The maximum absolute atomic E-state index is 11.9. The number of aromatic nitrogens is 2. The van der Waals surface area contributed by atoms with Crippen molar-refractivity contribution in [2.45, 2.75) is 33.1 Å². The van der Waals surface area contributed by atoms with Crippen molar-refractivity contribution in [2.75, 3.05) is 25.0 Å². The number of carbonyl (C=O) groups excluding carboxylic acids is 1. The van der Waals surface area contributed by atoms with Gasteiger partial charge < -0.3 is 10.2 Å². The highest BCUT2D eigenvalue weighted by atomic mass is 16.2. The minimum Gasteiger partial charge on any atom is -0.361 e. The van der Waals surface area contributed by atoms with Crippen molar-refractivity contribution in [3.63, 3.8) is 0 Å². The first-order chi connectivity index (χ1) is 8.76. The van der Waals surface area contributed by atoms with E-state index in [0.29, 0.717) is 6.54 Å². The molecule has 5 heteroatoms. The molecule has 0 unspecified atom stereocenters. The first kappa shape index (κ1) is 12.8. The lowest BCUT2D eigenvalue weighted by Gasteiger charge is -2.19. The van der Waals surface area contributed by atoms with E-state index in [1.54, 1.807) is 6.33 Å². The van der Waals surface area contributed by atoms with E-state index < -0.39 is 0 Å². The van der Waals surface area contributed by atoms with E-state index in [-0.39, 0.29) is 5.91 Å². The number of nitrogens with one attached hydrogen (secondary N) is 1. The third-order valence-corrected chi connectivity index (χ3v) is 3.40. The average Bonchev–Trinajstić information content (AvgIpc) is 2.86. The Morgan fingerprint density at radius 2 is 2.11 bits per heavy atom. The third-order valence-electron chi connectivity index (χ3n) is 3.40. The van der Waals surface area contributed by atoms with E-state index >= 15 is 0 Å². The zero-order valence-electron chi connectivity index (χ0n) is 11.1. The van der Waals surface area contributed by atoms with Gasteiger partial charge in [0.25, 0.3) is 0 Å². The summed E-state index contributed by atoms with van der Waals surface area (Å²) in [5.41, 5.74) is 2.31. The van der Waals surface area contributed by atoms with Crippen LogP contribution < -0.4 is 5.32 Å². The van der Waals surface area contributed by atoms with E-state index in [1.165, 1.54) is 5.56 Å². The molecule has 1 heterocycles. The quantitative estimate of drug-likeness (QED) is 0.852. The molecule has 0 aromatic carbocycles. The fourth-order valence-corrected chi connectivity index (χ4v) is 2.36. The van der Waals surface area contributed by atoms with E-state index in [1.807, 2.05) is 18.7 Å². The number of nitrogens with zero attached hydrogens (tertiary/aromatic N) is 3. The number of hydrogen-bond donors (Lipinski definition) is 1. The highest BCUT2D eigenvalue weighted by Crippen LogP contribution is 2.24. The zero-order valence-corrected chi connectivity index (χ0v) is 11.1. The summed E-state index contributed by atoms with van der Waals surface area (Å²) in [4.78, 5) is 22.2. The second-order valence-electron chi connectivity index (χ2n) is 4.42. The van der Waals surface area contributed by atoms with Gasteiger partial charge >= 0.3 is 0 Å². The standard InChI is InChI=1S/C13H20N4O/c1-3-17(4-2)12(18)8-14-13-10-6-5-7-11(10)15-9-16-13/h9H,3-8H2,1-2H3,(H,14,15,16). The van der Waals surface area contributed by atoms with Gasteiger partial charge in [0.1, 0.15) is 12.1 Å². The highest BCUT2D eigenvalue weighted by molar-refractivity contribution is 5.80. The second-order valence-corrected chi connectivity index (χ2v) is 4.42. The molecule has 0 bridgehead atoms. The van der Waals surface area contributed by atoms with Crippen molar-refractivity contribution < 1.29 is 4.79 Å². The molecule has 1 amide bonds. The van der Waals surface area contributed by atoms with Crippen LogP contribution in [0.5, 0.6) is 0 Å². The summed E-state index contributed by atoms with van der Waals surface area (Å²) >= 11 is 0. The van der Waals surface area contributed by atoms with Crippen LogP contribution in [0.2, 0.25) is 0 Å². The zero-order chi connectivity index (χ0) is 13.0. The second kappa shape index (κ2) is 5.80. The summed E-state index contributed by atoms with van der Waals surface area (Å²) in [5.74, 6) is 0.948. The first-order valence-electron chi connectivity index (χ1n) is 6.60. The fraction of sp³-hybridized carbons (Fsp3) is 0.615. The lowest BCUT2D eigenvalue weighted by molar-refractivity contribution is -0.128. The van der Waals surface area contributed by atoms with Gasteiger partial charge in [-0.15, -0.1) is 0 Å². The predicted octanol–water partition coefficient (Wildman–Crippen LogP) is 1.25. The Bertz CT molecular complexity index is 429. The third kappa shape index (κ3) is 2.60. The van der Waals surface area contributed by atoms with Crippen molar-refractivity contribution in [3.05, 3.63) is 17.6 Å². The van der Waals surface area contributed by atoms with Gasteiger partial charge in [-0.1, -0.05) is 0 Å². The van der Waals surface area contributed by atoms with Crippen LogP contribution in [0.3, 0.4) is 0 Å². The van der Waals surface area contributed by atoms with Gasteiger partial charge in [0.05, 0.1) is 6.54 Å². The van der Waals surface area contributed by atoms with Gasteiger partial charge in [0.15, 0.2) is 0 Å². The number of amides is 1. The number of anilines is 1. The molecule has 2 rings (SSSR count). The maximum Gasteiger partial charge on any atom is 0.241 e. The Balaban J connectivity index is 1.99. The van der Waals surface area contributed by atoms with Gasteiger partial charge in [0.2, 0.25) is 5.91 Å². The molecule has 1 aromatic heterocycles. The molecule has 1 N–H and O–H groups in total. The summed E-state index contributed by atoms with van der Waals surface area (Å²) in [5, 5.41) is 3.15. The van der Waals surface area contributed by atoms with Crippen LogP contribution in [0.1, 0.15) is 31.5 Å². The fourth-order valence-electron chi connectivity index (χ4n) is 2.36. The molecule has 1 aromatic rings. The lowest BCUT2D eigenvalue weighted by Crippen LogP contribution is -2.35. The van der Waals surface area contributed by atoms with Crippen molar-refractivity contribution in [2.24, 2.45) is 0 Å². The molecule has 0 atom stereocenters. The van der Waals surface area contributed by atoms with Crippen LogP contribution in [0, 0.1) is 0 Å². The summed E-state index contributed by atoms with van der Waals surface area (Å²) in [7, 11) is 0. The smallest absolute Gasteiger partial charge is 0.241 e. The van der Waals surface area contributed by atoms with E-state index in [0.717, 1.165) is 43.9 Å². The minimum absolute atomic E-state index is 0.116. The van der Waals surface area contributed by atoms with Gasteiger partial charge in [-0.2, -0.15) is 0 Å². The van der Waals surface area contributed by atoms with Crippen LogP contribution in [0.25, 0.3) is 0 Å². The van der Waals surface area contributed by atoms with Gasteiger partial charge in [-0.25, -0.2) is 9.97 Å². The predicted molar refractivity (Wildman–Crippen MR) is 70.5 cm³/mol. The van der Waals surface area contributed by atoms with E-state index in [9.17, 15) is 4.79 Å². The van der Waals surface area contributed by atoms with Gasteiger partial charge in [0, 0.05) is 24.3 Å². The number of likely N-dealkylation sites (N-methyl/N-ethyl adjacent to an activating group) is 1. The summed E-state index contributed by atoms with van der Waals surface area (Å²) in [6, 6.07) is 0. The number of carbonyl (C=O) groups is 1. The Morgan fingerprint density at radius 3 is 2.83 bits per heavy atom. The molecule has 0 spiro atoms. The Kier molecular flexibility index (Phi) is 4.12. The summed E-state index contributed by atoms with van der Waals surface area (Å²) < 4.78 is 0. The van der Waals surface area contributed by atoms with Crippen LogP contribution in [-0.4, -0.2) is 40.4 Å². The summed E-state index contributed by atoms with van der Waals surface area (Å²) in [6.07, 6.45) is 4.75. The van der Waals surface area contributed by atoms with Crippen LogP contribution in [0.15, 0.2) is 6.33 Å². The van der Waals surface area contributed by atoms with Crippen LogP contribution in [0.4, 0.5) is 5.82 Å². The Labute approximate surface area is 108 Å². The topological polar surface area (TPSA) is 58.1 Å². The van der Waals surface area contributed by atoms with Gasteiger partial charge in [-0.05, 0) is 33.1 Å². The Hall–Kier alpha value is -1.65. The molecule has 0 saturated heterocycles. The Morgan fingerprint density at radius 1 is 1.33 bits per heavy atom. The molecular weight excluding hydrogens is 228 g/mol. The maximum atomic E-state index is 11.9. The van der Waals surface area contributed by atoms with Crippen molar-refractivity contribution in [1.82, 2.24) is 14.9 Å². The molecular formula is C13H20N4O. The largest absolute Gasteiger partial charge is 0.361 e. The number of rotatable bonds is 5. The molecule has 0 fully saturated rings. The molecule has 1 aliphatic rings.